The smallest absolute Gasteiger partial charge is 0.224 e. The maximum Gasteiger partial charge on any atom is 0.224 e. The minimum atomic E-state index is 0.283. The van der Waals surface area contributed by atoms with E-state index in [-0.39, 0.29) is 5.91 Å². The normalized spacial score (nSPS) is 16.8. The fourth-order valence-electron chi connectivity index (χ4n) is 4.06. The van der Waals surface area contributed by atoms with E-state index in [0.29, 0.717) is 12.3 Å². The predicted molar refractivity (Wildman–Crippen MR) is 112 cm³/mol. The Morgan fingerprint density at radius 1 is 1.04 bits per heavy atom. The lowest BCUT2D eigenvalue weighted by atomic mass is 9.96. The number of nitrogens with zero attached hydrogens (tertiary/aromatic N) is 2. The van der Waals surface area contributed by atoms with Crippen molar-refractivity contribution in [2.75, 3.05) is 38.1 Å². The SMILES string of the molecule is CNCC1CCN(C(=O)CCN2c3ccccc3Sc3ccccc32)CC1. The maximum absolute atomic E-state index is 12.8. The van der Waals surface area contributed by atoms with Crippen LogP contribution in [-0.2, 0) is 4.79 Å². The summed E-state index contributed by atoms with van der Waals surface area (Å²) < 4.78 is 0. The number of nitrogens with one attached hydrogen (secondary N) is 1. The number of benzene rings is 2. The van der Waals surface area contributed by atoms with Gasteiger partial charge in [-0.05, 0) is 56.6 Å². The van der Waals surface area contributed by atoms with Crippen LogP contribution in [0.1, 0.15) is 19.3 Å². The number of anilines is 2. The lowest BCUT2D eigenvalue weighted by Crippen LogP contribution is -2.41. The standard InChI is InChI=1S/C22H27N3OS/c1-23-16-17-10-13-24(14-11-17)22(26)12-15-25-18-6-2-4-8-20(18)27-21-9-5-3-7-19(21)25/h2-9,17,23H,10-16H2,1H3. The highest BCUT2D eigenvalue weighted by Gasteiger charge is 2.26. The number of fused-ring (bicyclic) bond motifs is 2. The molecule has 0 atom stereocenters. The summed E-state index contributed by atoms with van der Waals surface area (Å²) in [6, 6.07) is 17.0. The molecule has 2 aliphatic rings. The molecule has 27 heavy (non-hydrogen) atoms. The molecule has 2 heterocycles. The minimum absolute atomic E-state index is 0.283. The number of carbonyl (C=O) groups is 1. The number of likely N-dealkylation sites (tertiary alicyclic amines) is 1. The fourth-order valence-corrected chi connectivity index (χ4v) is 5.16. The first-order valence-corrected chi connectivity index (χ1v) is 10.6. The quantitative estimate of drug-likeness (QED) is 0.844. The van der Waals surface area contributed by atoms with E-state index in [1.165, 1.54) is 21.2 Å². The molecule has 0 aliphatic carbocycles. The van der Waals surface area contributed by atoms with Crippen LogP contribution in [0, 0.1) is 5.92 Å². The van der Waals surface area contributed by atoms with Crippen molar-refractivity contribution in [1.82, 2.24) is 10.2 Å². The molecule has 0 bridgehead atoms. The van der Waals surface area contributed by atoms with Crippen LogP contribution in [0.4, 0.5) is 11.4 Å². The monoisotopic (exact) mass is 381 g/mol. The predicted octanol–water partition coefficient (Wildman–Crippen LogP) is 4.14. The number of amides is 1. The topological polar surface area (TPSA) is 35.6 Å². The molecule has 2 aliphatic heterocycles. The van der Waals surface area contributed by atoms with Gasteiger partial charge in [-0.2, -0.15) is 0 Å². The number of hydrogen-bond acceptors (Lipinski definition) is 4. The van der Waals surface area contributed by atoms with Gasteiger partial charge in [0.05, 0.1) is 11.4 Å². The molecule has 0 aromatic heterocycles. The molecule has 4 nitrogen and oxygen atoms in total. The summed E-state index contributed by atoms with van der Waals surface area (Å²) in [6.45, 7) is 3.58. The number of hydrogen-bond donors (Lipinski definition) is 1. The van der Waals surface area contributed by atoms with Crippen LogP contribution in [0.5, 0.6) is 0 Å². The van der Waals surface area contributed by atoms with Crippen LogP contribution in [0.3, 0.4) is 0 Å². The van der Waals surface area contributed by atoms with Gasteiger partial charge < -0.3 is 15.1 Å². The van der Waals surface area contributed by atoms with Crippen molar-refractivity contribution in [1.29, 1.82) is 0 Å². The van der Waals surface area contributed by atoms with Crippen molar-refractivity contribution < 1.29 is 4.79 Å². The summed E-state index contributed by atoms with van der Waals surface area (Å²) in [4.78, 5) is 19.7. The Labute approximate surface area is 165 Å². The van der Waals surface area contributed by atoms with Crippen molar-refractivity contribution in [3.63, 3.8) is 0 Å². The zero-order valence-electron chi connectivity index (χ0n) is 15.9. The average Bonchev–Trinajstić information content (AvgIpc) is 2.71. The zero-order valence-corrected chi connectivity index (χ0v) is 16.7. The van der Waals surface area contributed by atoms with Crippen LogP contribution in [0.2, 0.25) is 0 Å². The Balaban J connectivity index is 1.43. The molecular weight excluding hydrogens is 354 g/mol. The van der Waals surface area contributed by atoms with Gasteiger partial charge in [0.25, 0.3) is 0 Å². The van der Waals surface area contributed by atoms with Gasteiger partial charge >= 0.3 is 0 Å². The fraction of sp³-hybridized carbons (Fsp3) is 0.409. The Morgan fingerprint density at radius 3 is 2.22 bits per heavy atom. The summed E-state index contributed by atoms with van der Waals surface area (Å²) >= 11 is 1.81. The molecule has 4 rings (SSSR count). The lowest BCUT2D eigenvalue weighted by molar-refractivity contribution is -0.132. The first-order chi connectivity index (χ1) is 13.3. The van der Waals surface area contributed by atoms with Crippen molar-refractivity contribution in [3.05, 3.63) is 48.5 Å². The molecule has 2 aromatic rings. The number of carbonyl (C=O) groups excluding carboxylic acids is 1. The molecule has 0 spiro atoms. The van der Waals surface area contributed by atoms with Gasteiger partial charge in [0, 0.05) is 35.8 Å². The molecular formula is C22H27N3OS. The molecule has 1 saturated heterocycles. The van der Waals surface area contributed by atoms with Crippen LogP contribution in [0.15, 0.2) is 58.3 Å². The number of piperidine rings is 1. The first kappa shape index (κ1) is 18.4. The van der Waals surface area contributed by atoms with Gasteiger partial charge in [-0.15, -0.1) is 0 Å². The number of rotatable bonds is 5. The third-order valence-corrected chi connectivity index (χ3v) is 6.67. The Kier molecular flexibility index (Phi) is 5.69. The van der Waals surface area contributed by atoms with Gasteiger partial charge in [-0.1, -0.05) is 36.0 Å². The van der Waals surface area contributed by atoms with E-state index in [0.717, 1.165) is 39.0 Å². The van der Waals surface area contributed by atoms with Crippen LogP contribution >= 0.6 is 11.8 Å². The second-order valence-corrected chi connectivity index (χ2v) is 8.40. The Bertz CT molecular complexity index is 756. The minimum Gasteiger partial charge on any atom is -0.343 e. The van der Waals surface area contributed by atoms with Gasteiger partial charge in [-0.3, -0.25) is 4.79 Å². The van der Waals surface area contributed by atoms with Gasteiger partial charge in [0.15, 0.2) is 0 Å². The van der Waals surface area contributed by atoms with E-state index >= 15 is 0 Å². The summed E-state index contributed by atoms with van der Waals surface area (Å²) in [5.41, 5.74) is 2.42. The Hall–Kier alpha value is -1.98. The molecule has 0 radical (unpaired) electrons. The second kappa shape index (κ2) is 8.36. The van der Waals surface area contributed by atoms with Crippen LogP contribution in [-0.4, -0.2) is 44.0 Å². The van der Waals surface area contributed by atoms with E-state index in [4.69, 9.17) is 0 Å². The maximum atomic E-state index is 12.8. The summed E-state index contributed by atoms with van der Waals surface area (Å²) in [6.07, 6.45) is 2.78. The molecule has 1 N–H and O–H groups in total. The second-order valence-electron chi connectivity index (χ2n) is 7.32. The highest BCUT2D eigenvalue weighted by Crippen LogP contribution is 2.47. The van der Waals surface area contributed by atoms with Crippen LogP contribution in [0.25, 0.3) is 0 Å². The van der Waals surface area contributed by atoms with E-state index in [2.05, 4.69) is 63.6 Å². The molecule has 0 unspecified atom stereocenters. The van der Waals surface area contributed by atoms with E-state index < -0.39 is 0 Å². The molecule has 142 valence electrons. The molecule has 1 amide bonds. The lowest BCUT2D eigenvalue weighted by Gasteiger charge is -2.35. The number of para-hydroxylation sites is 2. The van der Waals surface area contributed by atoms with Crippen molar-refractivity contribution in [2.45, 2.75) is 29.1 Å². The third kappa shape index (κ3) is 3.99. The molecule has 1 fully saturated rings. The largest absolute Gasteiger partial charge is 0.343 e. The van der Waals surface area contributed by atoms with Crippen LogP contribution < -0.4 is 10.2 Å². The van der Waals surface area contributed by atoms with E-state index in [1.54, 1.807) is 0 Å². The average molecular weight is 382 g/mol. The summed E-state index contributed by atoms with van der Waals surface area (Å²) in [7, 11) is 2.00. The van der Waals surface area contributed by atoms with Crippen molar-refractivity contribution >= 4 is 29.0 Å². The zero-order chi connectivity index (χ0) is 18.6. The van der Waals surface area contributed by atoms with Gasteiger partial charge in [0.2, 0.25) is 5.91 Å². The van der Waals surface area contributed by atoms with Gasteiger partial charge in [-0.25, -0.2) is 0 Å². The molecule has 5 heteroatoms. The van der Waals surface area contributed by atoms with Crippen molar-refractivity contribution in [2.24, 2.45) is 5.92 Å². The van der Waals surface area contributed by atoms with Crippen molar-refractivity contribution in [3.8, 4) is 0 Å². The molecule has 0 saturated carbocycles. The van der Waals surface area contributed by atoms with E-state index in [9.17, 15) is 4.79 Å². The molecule has 2 aromatic carbocycles. The van der Waals surface area contributed by atoms with Gasteiger partial charge in [0.1, 0.15) is 0 Å². The highest BCUT2D eigenvalue weighted by atomic mass is 32.2. The van der Waals surface area contributed by atoms with E-state index in [1.807, 2.05) is 18.8 Å². The first-order valence-electron chi connectivity index (χ1n) is 9.82. The Morgan fingerprint density at radius 2 is 1.63 bits per heavy atom. The summed E-state index contributed by atoms with van der Waals surface area (Å²) in [5, 5.41) is 3.26. The third-order valence-electron chi connectivity index (χ3n) is 5.54. The highest BCUT2D eigenvalue weighted by molar-refractivity contribution is 7.99. The summed E-state index contributed by atoms with van der Waals surface area (Å²) in [5.74, 6) is 0.989.